The predicted molar refractivity (Wildman–Crippen MR) is 121 cm³/mol. The molecule has 184 valence electrons. The van der Waals surface area contributed by atoms with E-state index in [2.05, 4.69) is 20.5 Å². The average molecular weight is 488 g/mol. The molecular weight excluding hydrogens is 465 g/mol. The first-order valence-electron chi connectivity index (χ1n) is 10.8. The lowest BCUT2D eigenvalue weighted by atomic mass is 10.2. The summed E-state index contributed by atoms with van der Waals surface area (Å²) in [6, 6.07) is 7.65. The first-order chi connectivity index (χ1) is 16.7. The highest BCUT2D eigenvalue weighted by atomic mass is 19.4. The van der Waals surface area contributed by atoms with Gasteiger partial charge in [0.25, 0.3) is 5.91 Å². The summed E-state index contributed by atoms with van der Waals surface area (Å²) >= 11 is 0. The summed E-state index contributed by atoms with van der Waals surface area (Å²) in [5.74, 6) is 0.597. The fourth-order valence-electron chi connectivity index (χ4n) is 3.50. The van der Waals surface area contributed by atoms with Gasteiger partial charge in [0.05, 0.1) is 31.6 Å². The largest absolute Gasteiger partial charge is 0.490 e. The molecule has 4 aromatic rings. The molecule has 1 aromatic carbocycles. The van der Waals surface area contributed by atoms with Crippen LogP contribution in [0.1, 0.15) is 41.3 Å². The van der Waals surface area contributed by atoms with E-state index in [1.54, 1.807) is 10.9 Å². The van der Waals surface area contributed by atoms with Crippen molar-refractivity contribution in [2.24, 2.45) is 0 Å². The molecule has 0 radical (unpaired) electrons. The fraction of sp³-hybridized carbons (Fsp3) is 0.304. The van der Waals surface area contributed by atoms with Crippen LogP contribution in [0.2, 0.25) is 0 Å². The highest BCUT2D eigenvalue weighted by Crippen LogP contribution is 2.30. The minimum Gasteiger partial charge on any atom is -0.490 e. The minimum atomic E-state index is -4.64. The molecule has 0 unspecified atom stereocenters. The molecule has 0 spiro atoms. The zero-order chi connectivity index (χ0) is 25.2. The highest BCUT2D eigenvalue weighted by Gasteiger charge is 2.35. The Hall–Kier alpha value is -4.09. The molecule has 0 aliphatic carbocycles. The number of hydrogen-bond acceptors (Lipinski definition) is 6. The van der Waals surface area contributed by atoms with Gasteiger partial charge in [0, 0.05) is 18.0 Å². The van der Waals surface area contributed by atoms with E-state index >= 15 is 0 Å². The summed E-state index contributed by atoms with van der Waals surface area (Å²) in [5, 5.41) is 10.7. The monoisotopic (exact) mass is 488 g/mol. The SMILES string of the molecule is CCOc1ccc(Cn2cc(NC(=O)c3cc4nc(C)cc(C(F)(F)F)n4n3)cn2)cc1OCC. The van der Waals surface area contributed by atoms with Crippen LogP contribution in [0.3, 0.4) is 0 Å². The van der Waals surface area contributed by atoms with Crippen LogP contribution < -0.4 is 14.8 Å². The number of rotatable bonds is 8. The number of carbonyl (C=O) groups is 1. The lowest BCUT2D eigenvalue weighted by Gasteiger charge is -2.12. The number of carbonyl (C=O) groups excluding carboxylic acids is 1. The van der Waals surface area contributed by atoms with Crippen LogP contribution >= 0.6 is 0 Å². The second-order valence-corrected chi connectivity index (χ2v) is 7.61. The Morgan fingerprint density at radius 3 is 2.54 bits per heavy atom. The summed E-state index contributed by atoms with van der Waals surface area (Å²) < 4.78 is 53.5. The number of ether oxygens (including phenoxy) is 2. The average Bonchev–Trinajstić information content (AvgIpc) is 3.41. The van der Waals surface area contributed by atoms with Crippen LogP contribution in [0.4, 0.5) is 18.9 Å². The van der Waals surface area contributed by atoms with Crippen LogP contribution in [0.5, 0.6) is 11.5 Å². The smallest absolute Gasteiger partial charge is 0.433 e. The molecule has 0 fully saturated rings. The van der Waals surface area contributed by atoms with Crippen LogP contribution in [0, 0.1) is 6.92 Å². The summed E-state index contributed by atoms with van der Waals surface area (Å²) in [4.78, 5) is 16.7. The number of aromatic nitrogens is 5. The molecule has 4 rings (SSSR count). The lowest BCUT2D eigenvalue weighted by molar-refractivity contribution is -0.142. The van der Waals surface area contributed by atoms with Crippen molar-refractivity contribution in [3.63, 3.8) is 0 Å². The number of nitrogens with one attached hydrogen (secondary N) is 1. The standard InChI is InChI=1S/C23H23F3N6O3/c1-4-34-18-7-6-15(9-19(18)35-5-2)12-31-13-16(11-27-31)29-22(33)17-10-21-28-14(3)8-20(23(24,25)26)32(21)30-17/h6-11,13H,4-5,12H2,1-3H3,(H,29,33). The zero-order valence-corrected chi connectivity index (χ0v) is 19.3. The third-order valence-corrected chi connectivity index (χ3v) is 4.92. The topological polar surface area (TPSA) is 95.6 Å². The van der Waals surface area contributed by atoms with Crippen LogP contribution in [-0.4, -0.2) is 43.5 Å². The van der Waals surface area contributed by atoms with Crippen LogP contribution in [0.15, 0.2) is 42.7 Å². The molecule has 0 bridgehead atoms. The van der Waals surface area contributed by atoms with Gasteiger partial charge in [-0.25, -0.2) is 9.50 Å². The summed E-state index contributed by atoms with van der Waals surface area (Å²) in [7, 11) is 0. The number of halogens is 3. The van der Waals surface area contributed by atoms with Gasteiger partial charge in [-0.05, 0) is 44.5 Å². The number of alkyl halides is 3. The van der Waals surface area contributed by atoms with E-state index in [9.17, 15) is 18.0 Å². The minimum absolute atomic E-state index is 0.0706. The van der Waals surface area contributed by atoms with E-state index < -0.39 is 17.8 Å². The molecule has 0 aliphatic rings. The number of nitrogens with zero attached hydrogens (tertiary/aromatic N) is 5. The number of aryl methyl sites for hydroxylation is 1. The molecule has 0 aliphatic heterocycles. The van der Waals surface area contributed by atoms with Crippen molar-refractivity contribution in [3.8, 4) is 11.5 Å². The van der Waals surface area contributed by atoms with E-state index in [0.29, 0.717) is 41.5 Å². The van der Waals surface area contributed by atoms with Gasteiger partial charge >= 0.3 is 6.18 Å². The molecule has 9 nitrogen and oxygen atoms in total. The van der Waals surface area contributed by atoms with E-state index in [1.807, 2.05) is 32.0 Å². The molecule has 3 heterocycles. The number of amides is 1. The van der Waals surface area contributed by atoms with Crippen LogP contribution in [0.25, 0.3) is 5.65 Å². The molecule has 35 heavy (non-hydrogen) atoms. The second-order valence-electron chi connectivity index (χ2n) is 7.61. The van der Waals surface area contributed by atoms with E-state index in [0.717, 1.165) is 11.6 Å². The third-order valence-electron chi connectivity index (χ3n) is 4.92. The third kappa shape index (κ3) is 5.36. The van der Waals surface area contributed by atoms with Crippen molar-refractivity contribution >= 4 is 17.2 Å². The molecular formula is C23H23F3N6O3. The van der Waals surface area contributed by atoms with E-state index in [1.165, 1.54) is 19.2 Å². The maximum absolute atomic E-state index is 13.4. The molecule has 3 aromatic heterocycles. The van der Waals surface area contributed by atoms with E-state index in [4.69, 9.17) is 9.47 Å². The van der Waals surface area contributed by atoms with Gasteiger partial charge in [-0.1, -0.05) is 6.07 Å². The van der Waals surface area contributed by atoms with Gasteiger partial charge < -0.3 is 14.8 Å². The van der Waals surface area contributed by atoms with Gasteiger partial charge in [-0.2, -0.15) is 23.4 Å². The first kappa shape index (κ1) is 24.0. The fourth-order valence-corrected chi connectivity index (χ4v) is 3.50. The second kappa shape index (κ2) is 9.65. The quantitative estimate of drug-likeness (QED) is 0.396. The van der Waals surface area contributed by atoms with Crippen molar-refractivity contribution in [1.29, 1.82) is 0 Å². The first-order valence-corrected chi connectivity index (χ1v) is 10.8. The Morgan fingerprint density at radius 1 is 1.09 bits per heavy atom. The molecule has 0 saturated carbocycles. The molecule has 12 heteroatoms. The maximum atomic E-state index is 13.4. The molecule has 0 atom stereocenters. The van der Waals surface area contributed by atoms with E-state index in [-0.39, 0.29) is 17.0 Å². The number of benzene rings is 1. The number of anilines is 1. The van der Waals surface area contributed by atoms with Crippen molar-refractivity contribution < 1.29 is 27.4 Å². The lowest BCUT2D eigenvalue weighted by Crippen LogP contribution is -2.15. The normalized spacial score (nSPS) is 11.6. The summed E-state index contributed by atoms with van der Waals surface area (Å²) in [6.07, 6.45) is -1.60. The number of hydrogen-bond donors (Lipinski definition) is 1. The Kier molecular flexibility index (Phi) is 6.63. The van der Waals surface area contributed by atoms with Gasteiger partial charge in [-0.15, -0.1) is 0 Å². The highest BCUT2D eigenvalue weighted by molar-refractivity contribution is 6.03. The summed E-state index contributed by atoms with van der Waals surface area (Å²) in [5.41, 5.74) is 0.156. The van der Waals surface area contributed by atoms with Gasteiger partial charge in [0.1, 0.15) is 5.69 Å². The van der Waals surface area contributed by atoms with Crippen molar-refractivity contribution in [2.75, 3.05) is 18.5 Å². The van der Waals surface area contributed by atoms with Crippen molar-refractivity contribution in [1.82, 2.24) is 24.4 Å². The zero-order valence-electron chi connectivity index (χ0n) is 19.3. The predicted octanol–water partition coefficient (Wildman–Crippen LogP) is 4.35. The van der Waals surface area contributed by atoms with Gasteiger partial charge in [0.2, 0.25) is 0 Å². The molecule has 0 saturated heterocycles. The Balaban J connectivity index is 1.50. The maximum Gasteiger partial charge on any atom is 0.433 e. The van der Waals surface area contributed by atoms with Gasteiger partial charge in [-0.3, -0.25) is 9.48 Å². The van der Waals surface area contributed by atoms with Crippen LogP contribution in [-0.2, 0) is 12.7 Å². The summed E-state index contributed by atoms with van der Waals surface area (Å²) in [6.45, 7) is 6.62. The molecule has 1 amide bonds. The Bertz CT molecular complexity index is 1360. The Morgan fingerprint density at radius 2 is 1.83 bits per heavy atom. The number of fused-ring (bicyclic) bond motifs is 1. The molecule has 1 N–H and O–H groups in total. The van der Waals surface area contributed by atoms with Gasteiger partial charge in [0.15, 0.2) is 22.8 Å². The Labute approximate surface area is 198 Å². The van der Waals surface area contributed by atoms with Crippen molar-refractivity contribution in [2.45, 2.75) is 33.5 Å². The van der Waals surface area contributed by atoms with Crippen molar-refractivity contribution in [3.05, 3.63) is 65.4 Å².